The smallest absolute Gasteiger partial charge is 0.255 e. The summed E-state index contributed by atoms with van der Waals surface area (Å²) in [6, 6.07) is 25.7. The lowest BCUT2D eigenvalue weighted by Crippen LogP contribution is -2.12. The van der Waals surface area contributed by atoms with Gasteiger partial charge in [-0.25, -0.2) is 0 Å². The van der Waals surface area contributed by atoms with Gasteiger partial charge in [0.15, 0.2) is 0 Å². The fourth-order valence-electron chi connectivity index (χ4n) is 3.52. The van der Waals surface area contributed by atoms with Crippen molar-refractivity contribution >= 4 is 23.2 Å². The Morgan fingerprint density at radius 2 is 0.886 bits per heavy atom. The summed E-state index contributed by atoms with van der Waals surface area (Å²) in [4.78, 5) is 25.0. The summed E-state index contributed by atoms with van der Waals surface area (Å²) < 4.78 is 5.90. The van der Waals surface area contributed by atoms with Crippen molar-refractivity contribution in [1.82, 2.24) is 0 Å². The van der Waals surface area contributed by atoms with E-state index in [2.05, 4.69) is 10.6 Å². The van der Waals surface area contributed by atoms with Gasteiger partial charge in [0.05, 0.1) is 0 Å². The van der Waals surface area contributed by atoms with Gasteiger partial charge in [-0.3, -0.25) is 9.59 Å². The quantitative estimate of drug-likeness (QED) is 0.317. The number of rotatable bonds is 6. The van der Waals surface area contributed by atoms with Crippen LogP contribution in [-0.4, -0.2) is 11.8 Å². The first kappa shape index (κ1) is 23.8. The van der Waals surface area contributed by atoms with E-state index in [0.717, 1.165) is 22.3 Å². The maximum atomic E-state index is 12.5. The van der Waals surface area contributed by atoms with E-state index in [0.29, 0.717) is 34.0 Å². The van der Waals surface area contributed by atoms with Crippen molar-refractivity contribution < 1.29 is 14.3 Å². The third kappa shape index (κ3) is 5.95. The van der Waals surface area contributed by atoms with Crippen molar-refractivity contribution in [1.29, 1.82) is 0 Å². The number of benzene rings is 4. The lowest BCUT2D eigenvalue weighted by atomic mass is 10.1. The molecular formula is C30H28N2O3. The lowest BCUT2D eigenvalue weighted by Gasteiger charge is -2.10. The monoisotopic (exact) mass is 464 g/mol. The highest BCUT2D eigenvalue weighted by molar-refractivity contribution is 6.05. The van der Waals surface area contributed by atoms with Gasteiger partial charge >= 0.3 is 0 Å². The van der Waals surface area contributed by atoms with Gasteiger partial charge in [-0.05, 0) is 123 Å². The summed E-state index contributed by atoms with van der Waals surface area (Å²) in [6.07, 6.45) is 0. The van der Waals surface area contributed by atoms with Gasteiger partial charge in [-0.2, -0.15) is 0 Å². The van der Waals surface area contributed by atoms with Gasteiger partial charge in [0, 0.05) is 22.5 Å². The minimum absolute atomic E-state index is 0.153. The number of anilines is 2. The zero-order chi connectivity index (χ0) is 24.9. The number of amides is 2. The molecule has 4 aromatic carbocycles. The van der Waals surface area contributed by atoms with E-state index >= 15 is 0 Å². The van der Waals surface area contributed by atoms with Crippen LogP contribution in [0.2, 0.25) is 0 Å². The van der Waals surface area contributed by atoms with Crippen molar-refractivity contribution in [3.05, 3.63) is 118 Å². The zero-order valence-electron chi connectivity index (χ0n) is 20.3. The summed E-state index contributed by atoms with van der Waals surface area (Å²) >= 11 is 0. The van der Waals surface area contributed by atoms with Gasteiger partial charge in [0.1, 0.15) is 11.5 Å². The Hall–Kier alpha value is -4.38. The average molecular weight is 465 g/mol. The Labute approximate surface area is 205 Å². The number of carbonyl (C=O) groups is 2. The fraction of sp³-hybridized carbons (Fsp3) is 0.133. The minimum atomic E-state index is -0.153. The molecule has 0 aliphatic rings. The summed E-state index contributed by atoms with van der Waals surface area (Å²) in [6.45, 7) is 8.02. The van der Waals surface area contributed by atoms with E-state index in [-0.39, 0.29) is 11.8 Å². The van der Waals surface area contributed by atoms with Crippen LogP contribution in [0.25, 0.3) is 0 Å². The molecule has 0 saturated carbocycles. The molecule has 0 aliphatic carbocycles. The van der Waals surface area contributed by atoms with E-state index < -0.39 is 0 Å². The number of nitrogens with one attached hydrogen (secondary N) is 2. The Morgan fingerprint density at radius 1 is 0.514 bits per heavy atom. The van der Waals surface area contributed by atoms with E-state index in [9.17, 15) is 9.59 Å². The van der Waals surface area contributed by atoms with Crippen LogP contribution in [0.15, 0.2) is 84.9 Å². The molecule has 0 aliphatic heterocycles. The molecule has 0 fully saturated rings. The molecule has 5 nitrogen and oxygen atoms in total. The molecule has 4 rings (SSSR count). The van der Waals surface area contributed by atoms with Crippen LogP contribution in [0.1, 0.15) is 43.0 Å². The molecular weight excluding hydrogens is 436 g/mol. The van der Waals surface area contributed by atoms with Crippen LogP contribution < -0.4 is 15.4 Å². The molecule has 0 bridgehead atoms. The van der Waals surface area contributed by atoms with Crippen molar-refractivity contribution in [2.24, 2.45) is 0 Å². The lowest BCUT2D eigenvalue weighted by molar-refractivity contribution is 0.101. The number of aryl methyl sites for hydroxylation is 4. The van der Waals surface area contributed by atoms with Crippen LogP contribution in [0.4, 0.5) is 11.4 Å². The van der Waals surface area contributed by atoms with E-state index in [4.69, 9.17) is 4.74 Å². The summed E-state index contributed by atoms with van der Waals surface area (Å²) in [5.41, 5.74) is 7.08. The largest absolute Gasteiger partial charge is 0.457 e. The molecule has 2 N–H and O–H groups in total. The molecule has 0 spiro atoms. The average Bonchev–Trinajstić information content (AvgIpc) is 2.85. The molecule has 0 aromatic heterocycles. The maximum Gasteiger partial charge on any atom is 0.255 e. The normalized spacial score (nSPS) is 10.5. The van der Waals surface area contributed by atoms with E-state index in [1.54, 1.807) is 48.5 Å². The predicted octanol–water partition coefficient (Wildman–Crippen LogP) is 7.22. The van der Waals surface area contributed by atoms with Crippen molar-refractivity contribution in [3.63, 3.8) is 0 Å². The Bertz CT molecular complexity index is 1270. The molecule has 0 saturated heterocycles. The summed E-state index contributed by atoms with van der Waals surface area (Å²) in [5, 5.41) is 5.81. The first-order chi connectivity index (χ1) is 16.8. The van der Waals surface area contributed by atoms with E-state index in [1.807, 2.05) is 64.1 Å². The second-order valence-electron chi connectivity index (χ2n) is 8.66. The standard InChI is InChI=1S/C30H28N2O3/c1-19-5-7-23(17-21(19)3)29(33)31-25-9-13-27(14-10-25)35-28-15-11-26(12-16-28)32-30(34)24-8-6-20(2)22(4)18-24/h5-18H,1-4H3,(H,31,33)(H,32,34). The molecule has 2 amide bonds. The van der Waals surface area contributed by atoms with Crippen molar-refractivity contribution in [3.8, 4) is 11.5 Å². The highest BCUT2D eigenvalue weighted by atomic mass is 16.5. The number of ether oxygens (including phenoxy) is 1. The number of hydrogen-bond donors (Lipinski definition) is 2. The van der Waals surface area contributed by atoms with Gasteiger partial charge in [0.2, 0.25) is 0 Å². The zero-order valence-corrected chi connectivity index (χ0v) is 20.3. The van der Waals surface area contributed by atoms with Crippen LogP contribution >= 0.6 is 0 Å². The Balaban J connectivity index is 1.34. The van der Waals surface area contributed by atoms with Crippen LogP contribution in [0.5, 0.6) is 11.5 Å². The topological polar surface area (TPSA) is 67.4 Å². The summed E-state index contributed by atoms with van der Waals surface area (Å²) in [7, 11) is 0. The molecule has 0 atom stereocenters. The van der Waals surface area contributed by atoms with Crippen LogP contribution in [0, 0.1) is 27.7 Å². The minimum Gasteiger partial charge on any atom is -0.457 e. The molecule has 0 heterocycles. The third-order valence-corrected chi connectivity index (χ3v) is 6.00. The molecule has 0 radical (unpaired) electrons. The summed E-state index contributed by atoms with van der Waals surface area (Å²) in [5.74, 6) is 0.975. The second-order valence-corrected chi connectivity index (χ2v) is 8.66. The Kier molecular flexibility index (Phi) is 6.97. The molecule has 0 unspecified atom stereocenters. The number of hydrogen-bond acceptors (Lipinski definition) is 3. The molecule has 4 aromatic rings. The third-order valence-electron chi connectivity index (χ3n) is 6.00. The first-order valence-corrected chi connectivity index (χ1v) is 11.4. The van der Waals surface area contributed by atoms with Crippen molar-refractivity contribution in [2.75, 3.05) is 10.6 Å². The number of carbonyl (C=O) groups excluding carboxylic acids is 2. The Morgan fingerprint density at radius 3 is 1.23 bits per heavy atom. The second kappa shape index (κ2) is 10.3. The van der Waals surface area contributed by atoms with Gasteiger partial charge in [-0.1, -0.05) is 12.1 Å². The molecule has 35 heavy (non-hydrogen) atoms. The predicted molar refractivity (Wildman–Crippen MR) is 141 cm³/mol. The van der Waals surface area contributed by atoms with Gasteiger partial charge < -0.3 is 15.4 Å². The molecule has 176 valence electrons. The maximum absolute atomic E-state index is 12.5. The van der Waals surface area contributed by atoms with E-state index in [1.165, 1.54) is 0 Å². The van der Waals surface area contributed by atoms with Gasteiger partial charge in [-0.15, -0.1) is 0 Å². The SMILES string of the molecule is Cc1ccc(C(=O)Nc2ccc(Oc3ccc(NC(=O)c4ccc(C)c(C)c4)cc3)cc2)cc1C. The highest BCUT2D eigenvalue weighted by Gasteiger charge is 2.09. The van der Waals surface area contributed by atoms with Crippen LogP contribution in [-0.2, 0) is 0 Å². The van der Waals surface area contributed by atoms with Crippen LogP contribution in [0.3, 0.4) is 0 Å². The first-order valence-electron chi connectivity index (χ1n) is 11.4. The molecule has 5 heteroatoms. The van der Waals surface area contributed by atoms with Crippen molar-refractivity contribution in [2.45, 2.75) is 27.7 Å². The van der Waals surface area contributed by atoms with Gasteiger partial charge in [0.25, 0.3) is 11.8 Å². The highest BCUT2D eigenvalue weighted by Crippen LogP contribution is 2.25. The fourth-order valence-corrected chi connectivity index (χ4v) is 3.52.